The SMILES string of the molecule is Brc1ccc2c(c1)-c1ccccc1B1c3ccccc3-c3cc(-c4ccccc4)ccc3N12.OB(O)c1ccc2c3ccccc3c3ccccc3c2c1.c1ccc(-c2ccc3c(c2)-c2ccccc2B2c4ccccc4-c4cc(-c5ccc6c7ccccc7c7ccccc7c6c5)ccc4N23)cc1. The molecule has 0 radical (unpaired) electrons. The number of fused-ring (bicyclic) bond motifs is 34. The standard InChI is InChI=1S/C48H30BN.C30H19BBrN.C18H13BO2/c1-2-12-31(13-3-1)32-23-26-47-43(29-32)40-18-8-10-20-45(40)49-46-21-11-9-19-41(46)44-30-34(24-27-48(44)50(47)49)33-22-25-39-37-16-5-4-14-35(37)36-15-6-7-17-38(36)42(39)28-33;32-22-15-17-30-26(19-22)24-11-5-7-13-28(24)31-27-12-6-4-10-23(27)25-18-21(14-16-29(25)33(30)31)20-8-2-1-3-9-20;20-19(21)12-9-10-17-15-7-2-1-5-13(15)14-6-3-4-8-16(14)18(17)11-12/h1-30H;1-19H;1-11,20-21H. The van der Waals surface area contributed by atoms with Gasteiger partial charge in [-0.2, -0.15) is 0 Å². The smallest absolute Gasteiger partial charge is 0.423 e. The van der Waals surface area contributed by atoms with Gasteiger partial charge in [-0.05, 0) is 208 Å². The highest BCUT2D eigenvalue weighted by Gasteiger charge is 2.44. The zero-order chi connectivity index (χ0) is 69.1. The van der Waals surface area contributed by atoms with E-state index in [4.69, 9.17) is 0 Å². The molecule has 0 aliphatic carbocycles. The van der Waals surface area contributed by atoms with Crippen molar-refractivity contribution in [2.75, 3.05) is 9.62 Å². The van der Waals surface area contributed by atoms with Crippen LogP contribution in [0.15, 0.2) is 368 Å². The second kappa shape index (κ2) is 25.1. The molecular formula is C96H62B3BrN2O2. The number of nitrogens with zero attached hydrogens (tertiary/aromatic N) is 2. The first kappa shape index (κ1) is 61.6. The molecule has 0 atom stereocenters. The Balaban J connectivity index is 0.000000114. The van der Waals surface area contributed by atoms with E-state index in [0.717, 1.165) is 20.6 Å². The van der Waals surface area contributed by atoms with Gasteiger partial charge in [0.25, 0.3) is 0 Å². The van der Waals surface area contributed by atoms with Gasteiger partial charge in [-0.15, -0.1) is 0 Å². The van der Waals surface area contributed by atoms with E-state index in [2.05, 4.69) is 347 Å². The summed E-state index contributed by atoms with van der Waals surface area (Å²) in [6.07, 6.45) is 0. The normalized spacial score (nSPS) is 12.5. The van der Waals surface area contributed by atoms with Crippen molar-refractivity contribution in [3.63, 3.8) is 0 Å². The number of rotatable bonds is 4. The molecule has 0 fully saturated rings. The van der Waals surface area contributed by atoms with E-state index >= 15 is 0 Å². The first-order valence-electron chi connectivity index (χ1n) is 35.7. The second-order valence-electron chi connectivity index (χ2n) is 27.6. The third kappa shape index (κ3) is 10.0. The minimum Gasteiger partial charge on any atom is -0.423 e. The van der Waals surface area contributed by atoms with E-state index < -0.39 is 7.12 Å². The maximum Gasteiger partial charge on any atom is 0.488 e. The Kier molecular flexibility index (Phi) is 14.8. The molecule has 4 aliphatic heterocycles. The summed E-state index contributed by atoms with van der Waals surface area (Å²) in [5.41, 5.74) is 28.7. The van der Waals surface area contributed by atoms with E-state index in [1.807, 2.05) is 36.4 Å². The maximum atomic E-state index is 9.42. The number of anilines is 4. The van der Waals surface area contributed by atoms with E-state index in [0.29, 0.717) is 5.46 Å². The molecule has 0 spiro atoms. The lowest BCUT2D eigenvalue weighted by Gasteiger charge is -2.43. The van der Waals surface area contributed by atoms with Crippen LogP contribution >= 0.6 is 15.9 Å². The Labute approximate surface area is 613 Å². The number of halogens is 1. The number of benzene rings is 18. The van der Waals surface area contributed by atoms with Crippen molar-refractivity contribution in [3.8, 4) is 77.9 Å². The first-order valence-corrected chi connectivity index (χ1v) is 36.5. The van der Waals surface area contributed by atoms with Gasteiger partial charge in [0.1, 0.15) is 0 Å². The molecule has 0 saturated heterocycles. The van der Waals surface area contributed by atoms with Gasteiger partial charge < -0.3 is 19.7 Å². The fourth-order valence-electron chi connectivity index (χ4n) is 17.4. The molecule has 4 heterocycles. The zero-order valence-electron chi connectivity index (χ0n) is 56.5. The Morgan fingerprint density at radius 2 is 0.481 bits per heavy atom. The summed E-state index contributed by atoms with van der Waals surface area (Å²) in [5, 5.41) is 33.6. The van der Waals surface area contributed by atoms with Crippen LogP contribution in [0.3, 0.4) is 0 Å². The predicted octanol–water partition coefficient (Wildman–Crippen LogP) is 21.2. The van der Waals surface area contributed by atoms with E-state index in [1.165, 1.54) is 171 Å². The monoisotopic (exact) mass is 1390 g/mol. The maximum absolute atomic E-state index is 9.42. The molecule has 2 N–H and O–H groups in total. The van der Waals surface area contributed by atoms with Gasteiger partial charge in [-0.3, -0.25) is 0 Å². The van der Waals surface area contributed by atoms with Crippen molar-refractivity contribution in [3.05, 3.63) is 368 Å². The second-order valence-corrected chi connectivity index (χ2v) is 28.5. The molecule has 0 aromatic heterocycles. The predicted molar refractivity (Wildman–Crippen MR) is 447 cm³/mol. The fourth-order valence-corrected chi connectivity index (χ4v) is 17.8. The minimum atomic E-state index is -1.44. The molecule has 18 aromatic rings. The van der Waals surface area contributed by atoms with Crippen molar-refractivity contribution < 1.29 is 10.0 Å². The Morgan fingerprint density at radius 1 is 0.212 bits per heavy atom. The molecule has 484 valence electrons. The lowest BCUT2D eigenvalue weighted by atomic mass is 9.43. The zero-order valence-corrected chi connectivity index (χ0v) is 58.1. The summed E-state index contributed by atoms with van der Waals surface area (Å²) in [4.78, 5) is 5.13. The number of hydrogen-bond acceptors (Lipinski definition) is 4. The quantitative estimate of drug-likeness (QED) is 0.136. The molecule has 18 aromatic carbocycles. The first-order chi connectivity index (χ1) is 51.4. The van der Waals surface area contributed by atoms with Crippen LogP contribution in [0.25, 0.3) is 143 Å². The van der Waals surface area contributed by atoms with Crippen molar-refractivity contribution >= 4 is 151 Å². The highest BCUT2D eigenvalue weighted by atomic mass is 79.9. The van der Waals surface area contributed by atoms with E-state index in [9.17, 15) is 10.0 Å². The van der Waals surface area contributed by atoms with Gasteiger partial charge in [0.05, 0.1) is 0 Å². The topological polar surface area (TPSA) is 46.9 Å². The van der Waals surface area contributed by atoms with Gasteiger partial charge in [-0.25, -0.2) is 0 Å². The third-order valence-electron chi connectivity index (χ3n) is 22.0. The number of hydrogen-bond donors (Lipinski definition) is 2. The fraction of sp³-hybridized carbons (Fsp3) is 0. The van der Waals surface area contributed by atoms with Gasteiger partial charge in [-0.1, -0.05) is 319 Å². The van der Waals surface area contributed by atoms with Crippen LogP contribution in [-0.2, 0) is 0 Å². The van der Waals surface area contributed by atoms with Crippen molar-refractivity contribution in [1.82, 2.24) is 0 Å². The molecule has 0 unspecified atom stereocenters. The lowest BCUT2D eigenvalue weighted by molar-refractivity contribution is 0.426. The van der Waals surface area contributed by atoms with E-state index in [-0.39, 0.29) is 13.7 Å². The summed E-state index contributed by atoms with van der Waals surface area (Å²) < 4.78 is 1.10. The minimum absolute atomic E-state index is 0.0936. The Morgan fingerprint density at radius 3 is 0.856 bits per heavy atom. The van der Waals surface area contributed by atoms with Gasteiger partial charge >= 0.3 is 20.8 Å². The van der Waals surface area contributed by atoms with Crippen LogP contribution in [0.4, 0.5) is 22.7 Å². The third-order valence-corrected chi connectivity index (χ3v) is 22.5. The Hall–Kier alpha value is -12.3. The van der Waals surface area contributed by atoms with Gasteiger partial charge in [0, 0.05) is 49.5 Å². The average Bonchev–Trinajstić information content (AvgIpc) is 0.745. The summed E-state index contributed by atoms with van der Waals surface area (Å²) in [6, 6.07) is 132. The van der Waals surface area contributed by atoms with Crippen LogP contribution in [0.2, 0.25) is 0 Å². The average molecular weight is 1390 g/mol. The molecule has 104 heavy (non-hydrogen) atoms. The Bertz CT molecular complexity index is 6470. The van der Waals surface area contributed by atoms with E-state index in [1.54, 1.807) is 6.07 Å². The summed E-state index contributed by atoms with van der Waals surface area (Å²) in [7, 11) is -1.44. The van der Waals surface area contributed by atoms with Gasteiger partial charge in [0.2, 0.25) is 0 Å². The summed E-state index contributed by atoms with van der Waals surface area (Å²) in [6.45, 7) is 0.247. The highest BCUT2D eigenvalue weighted by Crippen LogP contribution is 2.51. The molecule has 8 heteroatoms. The highest BCUT2D eigenvalue weighted by molar-refractivity contribution is 9.10. The summed E-state index contributed by atoms with van der Waals surface area (Å²) in [5.74, 6) is 0. The van der Waals surface area contributed by atoms with Crippen LogP contribution in [0, 0.1) is 0 Å². The van der Waals surface area contributed by atoms with Crippen molar-refractivity contribution in [2.45, 2.75) is 0 Å². The van der Waals surface area contributed by atoms with Crippen LogP contribution in [-0.4, -0.2) is 30.9 Å². The molecule has 0 saturated carbocycles. The molecule has 0 amide bonds. The van der Waals surface area contributed by atoms with Crippen LogP contribution in [0.5, 0.6) is 0 Å². The van der Waals surface area contributed by atoms with Crippen molar-refractivity contribution in [2.24, 2.45) is 0 Å². The molecule has 4 aliphatic rings. The molecule has 22 rings (SSSR count). The molecule has 0 bridgehead atoms. The van der Waals surface area contributed by atoms with Crippen LogP contribution < -0.4 is 36.9 Å². The lowest BCUT2D eigenvalue weighted by Crippen LogP contribution is -2.59. The van der Waals surface area contributed by atoms with Crippen LogP contribution in [0.1, 0.15) is 0 Å². The van der Waals surface area contributed by atoms with Crippen molar-refractivity contribution in [1.29, 1.82) is 0 Å². The largest absolute Gasteiger partial charge is 0.488 e. The van der Waals surface area contributed by atoms with Gasteiger partial charge in [0.15, 0.2) is 0 Å². The molecule has 4 nitrogen and oxygen atoms in total. The summed E-state index contributed by atoms with van der Waals surface area (Å²) >= 11 is 3.70. The molecular weight excluding hydrogens is 1330 g/mol.